The third-order valence-corrected chi connectivity index (χ3v) is 5.11. The van der Waals surface area contributed by atoms with Crippen LogP contribution in [-0.2, 0) is 14.3 Å². The molecule has 4 bridgehead atoms. The van der Waals surface area contributed by atoms with Crippen LogP contribution in [0.2, 0.25) is 0 Å². The standard InChI is InChI=1S/C16H23NO4/c1-16(2,3)21-15(20)17-11-5-9-4-10(7-11)14(12(17)6-9)13(19)8-18/h8-12,14H,4-7H2,1-3H3. The van der Waals surface area contributed by atoms with Gasteiger partial charge in [-0.2, -0.15) is 0 Å². The van der Waals surface area contributed by atoms with E-state index in [-0.39, 0.29) is 35.8 Å². The van der Waals surface area contributed by atoms with Crippen molar-refractivity contribution < 1.29 is 19.1 Å². The third-order valence-electron chi connectivity index (χ3n) is 5.11. The van der Waals surface area contributed by atoms with Crippen molar-refractivity contribution in [1.29, 1.82) is 0 Å². The molecule has 5 nitrogen and oxygen atoms in total. The zero-order valence-electron chi connectivity index (χ0n) is 12.9. The van der Waals surface area contributed by atoms with Crippen LogP contribution in [0.4, 0.5) is 4.79 Å². The molecule has 0 spiro atoms. The predicted octanol–water partition coefficient (Wildman–Crippen LogP) is 2.18. The first kappa shape index (κ1) is 14.5. The highest BCUT2D eigenvalue weighted by atomic mass is 16.6. The molecule has 2 saturated carbocycles. The van der Waals surface area contributed by atoms with Crippen LogP contribution in [0.25, 0.3) is 0 Å². The van der Waals surface area contributed by atoms with Gasteiger partial charge in [-0.15, -0.1) is 0 Å². The molecule has 2 heterocycles. The lowest BCUT2D eigenvalue weighted by Crippen LogP contribution is -2.66. The van der Waals surface area contributed by atoms with E-state index < -0.39 is 5.60 Å². The number of hydrogen-bond donors (Lipinski definition) is 0. The van der Waals surface area contributed by atoms with Gasteiger partial charge in [-0.05, 0) is 58.3 Å². The maximum atomic E-state index is 12.5. The first-order valence-corrected chi connectivity index (χ1v) is 7.80. The average molecular weight is 293 g/mol. The monoisotopic (exact) mass is 293 g/mol. The first-order valence-electron chi connectivity index (χ1n) is 7.80. The third kappa shape index (κ3) is 2.47. The van der Waals surface area contributed by atoms with Gasteiger partial charge in [0.2, 0.25) is 5.78 Å². The van der Waals surface area contributed by atoms with Crippen LogP contribution in [0.3, 0.4) is 0 Å². The van der Waals surface area contributed by atoms with Crippen molar-refractivity contribution >= 4 is 18.2 Å². The quantitative estimate of drug-likeness (QED) is 0.578. The molecule has 5 heteroatoms. The number of ether oxygens (including phenoxy) is 1. The molecule has 21 heavy (non-hydrogen) atoms. The fraction of sp³-hybridized carbons (Fsp3) is 0.812. The van der Waals surface area contributed by atoms with Gasteiger partial charge in [-0.25, -0.2) is 4.79 Å². The topological polar surface area (TPSA) is 63.7 Å². The Morgan fingerprint density at radius 2 is 1.86 bits per heavy atom. The van der Waals surface area contributed by atoms with E-state index in [0.29, 0.717) is 12.2 Å². The molecule has 0 N–H and O–H groups in total. The molecule has 0 aromatic heterocycles. The van der Waals surface area contributed by atoms with Crippen molar-refractivity contribution in [2.75, 3.05) is 0 Å². The SMILES string of the molecule is CC(C)(C)OC(=O)N1C2CC3CC(C2)C(C(=O)C=O)C1C3. The summed E-state index contributed by atoms with van der Waals surface area (Å²) in [6.07, 6.45) is 3.79. The molecule has 5 atom stereocenters. The molecule has 1 amide bonds. The fourth-order valence-electron chi connectivity index (χ4n) is 4.62. The van der Waals surface area contributed by atoms with Gasteiger partial charge in [0.1, 0.15) is 5.60 Å². The highest BCUT2D eigenvalue weighted by Crippen LogP contribution is 2.52. The number of piperidine rings is 2. The van der Waals surface area contributed by atoms with Gasteiger partial charge in [0.05, 0.1) is 0 Å². The van der Waals surface area contributed by atoms with Crippen molar-refractivity contribution in [3.63, 3.8) is 0 Å². The van der Waals surface area contributed by atoms with Crippen LogP contribution in [0.5, 0.6) is 0 Å². The van der Waals surface area contributed by atoms with Crippen molar-refractivity contribution in [2.45, 2.75) is 64.1 Å². The molecule has 0 aromatic rings. The second kappa shape index (κ2) is 4.82. The summed E-state index contributed by atoms with van der Waals surface area (Å²) < 4.78 is 5.51. The second-order valence-corrected chi connectivity index (χ2v) is 7.72. The normalized spacial score (nSPS) is 37.5. The van der Waals surface area contributed by atoms with E-state index in [2.05, 4.69) is 0 Å². The van der Waals surface area contributed by atoms with E-state index in [0.717, 1.165) is 25.7 Å². The number of amides is 1. The molecule has 2 aliphatic carbocycles. The molecule has 2 saturated heterocycles. The van der Waals surface area contributed by atoms with E-state index >= 15 is 0 Å². The molecule has 5 unspecified atom stereocenters. The lowest BCUT2D eigenvalue weighted by molar-refractivity contribution is -0.147. The minimum absolute atomic E-state index is 0.145. The smallest absolute Gasteiger partial charge is 0.410 e. The second-order valence-electron chi connectivity index (χ2n) is 7.72. The minimum Gasteiger partial charge on any atom is -0.444 e. The van der Waals surface area contributed by atoms with E-state index in [1.54, 1.807) is 4.90 Å². The van der Waals surface area contributed by atoms with Crippen LogP contribution < -0.4 is 0 Å². The Morgan fingerprint density at radius 1 is 1.14 bits per heavy atom. The molecule has 0 radical (unpaired) electrons. The molecule has 116 valence electrons. The summed E-state index contributed by atoms with van der Waals surface area (Å²) in [7, 11) is 0. The molecule has 0 aromatic carbocycles. The van der Waals surface area contributed by atoms with Gasteiger partial charge in [0.15, 0.2) is 6.29 Å². The van der Waals surface area contributed by atoms with Gasteiger partial charge < -0.3 is 9.64 Å². The summed E-state index contributed by atoms with van der Waals surface area (Å²) in [5.41, 5.74) is -0.546. The lowest BCUT2D eigenvalue weighted by Gasteiger charge is -2.58. The summed E-state index contributed by atoms with van der Waals surface area (Å²) >= 11 is 0. The number of carbonyl (C=O) groups is 3. The lowest BCUT2D eigenvalue weighted by atomic mass is 9.58. The fourth-order valence-corrected chi connectivity index (χ4v) is 4.62. The Labute approximate surface area is 125 Å². The zero-order valence-corrected chi connectivity index (χ0v) is 12.9. The van der Waals surface area contributed by atoms with Gasteiger partial charge in [-0.1, -0.05) is 0 Å². The number of rotatable bonds is 2. The van der Waals surface area contributed by atoms with Crippen LogP contribution in [-0.4, -0.2) is 40.7 Å². The summed E-state index contributed by atoms with van der Waals surface area (Å²) in [5, 5.41) is 0. The Balaban J connectivity index is 1.86. The maximum Gasteiger partial charge on any atom is 0.410 e. The summed E-state index contributed by atoms with van der Waals surface area (Å²) in [5.74, 6) is 0.192. The highest BCUT2D eigenvalue weighted by Gasteiger charge is 2.56. The Hall–Kier alpha value is -1.39. The first-order chi connectivity index (χ1) is 9.80. The van der Waals surface area contributed by atoms with E-state index in [9.17, 15) is 14.4 Å². The van der Waals surface area contributed by atoms with Crippen LogP contribution in [0.15, 0.2) is 0 Å². The number of nitrogens with zero attached hydrogens (tertiary/aromatic N) is 1. The van der Waals surface area contributed by atoms with Crippen LogP contribution >= 0.6 is 0 Å². The van der Waals surface area contributed by atoms with Crippen molar-refractivity contribution in [3.8, 4) is 0 Å². The predicted molar refractivity (Wildman–Crippen MR) is 75.7 cm³/mol. The Morgan fingerprint density at radius 3 is 2.48 bits per heavy atom. The van der Waals surface area contributed by atoms with E-state index in [1.807, 2.05) is 20.8 Å². The Kier molecular flexibility index (Phi) is 3.34. The van der Waals surface area contributed by atoms with Gasteiger partial charge in [-0.3, -0.25) is 9.59 Å². The number of carbonyl (C=O) groups excluding carboxylic acids is 3. The summed E-state index contributed by atoms with van der Waals surface area (Å²) in [6, 6.07) is 0.0341. The minimum atomic E-state index is -0.546. The number of ketones is 1. The number of Topliss-reactive ketones (excluding diaryl/α,β-unsaturated/α-hetero) is 1. The van der Waals surface area contributed by atoms with E-state index in [4.69, 9.17) is 4.74 Å². The number of hydrogen-bond acceptors (Lipinski definition) is 4. The van der Waals surface area contributed by atoms with Crippen molar-refractivity contribution in [1.82, 2.24) is 4.90 Å². The molecule has 4 rings (SSSR count). The zero-order chi connectivity index (χ0) is 15.4. The van der Waals surface area contributed by atoms with Gasteiger partial charge in [0.25, 0.3) is 0 Å². The van der Waals surface area contributed by atoms with Crippen molar-refractivity contribution in [3.05, 3.63) is 0 Å². The molecule has 4 fully saturated rings. The number of aldehydes is 1. The van der Waals surface area contributed by atoms with Crippen LogP contribution in [0, 0.1) is 17.8 Å². The van der Waals surface area contributed by atoms with Gasteiger partial charge >= 0.3 is 6.09 Å². The molecular weight excluding hydrogens is 270 g/mol. The molecular formula is C16H23NO4. The Bertz CT molecular complexity index is 481. The average Bonchev–Trinajstić information content (AvgIpc) is 2.35. The maximum absolute atomic E-state index is 12.5. The van der Waals surface area contributed by atoms with Gasteiger partial charge in [0, 0.05) is 18.0 Å². The summed E-state index contributed by atoms with van der Waals surface area (Å²) in [4.78, 5) is 37.2. The van der Waals surface area contributed by atoms with Crippen molar-refractivity contribution in [2.24, 2.45) is 17.8 Å². The highest BCUT2D eigenvalue weighted by molar-refractivity contribution is 6.26. The van der Waals surface area contributed by atoms with Crippen LogP contribution in [0.1, 0.15) is 46.5 Å². The largest absolute Gasteiger partial charge is 0.444 e. The molecule has 4 aliphatic rings. The summed E-state index contributed by atoms with van der Waals surface area (Å²) in [6.45, 7) is 5.53. The van der Waals surface area contributed by atoms with E-state index in [1.165, 1.54) is 0 Å². The molecule has 2 aliphatic heterocycles.